The molecular weight excluding hydrogens is 741 g/mol. The number of hydrogen-bond acceptors (Lipinski definition) is 3. The Morgan fingerprint density at radius 3 is 1.90 bits per heavy atom. The van der Waals surface area contributed by atoms with E-state index in [1.807, 2.05) is 23.1 Å². The number of anilines is 1. The lowest BCUT2D eigenvalue weighted by Crippen LogP contribution is -2.21. The van der Waals surface area contributed by atoms with Crippen LogP contribution in [0.5, 0.6) is 0 Å². The van der Waals surface area contributed by atoms with Crippen LogP contribution in [-0.4, -0.2) is 28.2 Å². The van der Waals surface area contributed by atoms with Crippen molar-refractivity contribution in [2.24, 2.45) is 5.41 Å². The molecule has 4 heteroatoms. The number of fused-ring (bicyclic) bond motifs is 2. The third-order valence-corrected chi connectivity index (χ3v) is 14.5. The minimum atomic E-state index is 0.0228. The monoisotopic (exact) mass is 809 g/mol. The van der Waals surface area contributed by atoms with Gasteiger partial charge in [0.05, 0.1) is 0 Å². The average molecular weight is 810 g/mol. The second-order valence-electron chi connectivity index (χ2n) is 21.0. The summed E-state index contributed by atoms with van der Waals surface area (Å²) in [6.07, 6.45) is 15.4. The zero-order valence-electron chi connectivity index (χ0n) is 38.5. The Labute approximate surface area is 360 Å². The summed E-state index contributed by atoms with van der Waals surface area (Å²) >= 11 is 3.86. The normalized spacial score (nSPS) is 17.1. The van der Waals surface area contributed by atoms with E-state index in [0.29, 0.717) is 0 Å². The molecule has 2 aliphatic carbocycles. The third kappa shape index (κ3) is 9.77. The van der Waals surface area contributed by atoms with Crippen molar-refractivity contribution >= 4 is 46.0 Å². The highest BCUT2D eigenvalue weighted by molar-refractivity contribution is 8.03. The molecule has 0 saturated carbocycles. The Balaban J connectivity index is 1.61. The average Bonchev–Trinajstić information content (AvgIpc) is 3.13. The van der Waals surface area contributed by atoms with Gasteiger partial charge in [-0.2, -0.15) is 0 Å². The van der Waals surface area contributed by atoms with Gasteiger partial charge in [-0.1, -0.05) is 143 Å². The summed E-state index contributed by atoms with van der Waals surface area (Å²) < 4.78 is 2.21. The highest BCUT2D eigenvalue weighted by Gasteiger charge is 2.27. The molecule has 4 aliphatic rings. The Kier molecular flexibility index (Phi) is 12.3. The van der Waals surface area contributed by atoms with Gasteiger partial charge in [0.1, 0.15) is 14.1 Å². The highest BCUT2D eigenvalue weighted by Crippen LogP contribution is 2.49. The van der Waals surface area contributed by atoms with Gasteiger partial charge in [0.2, 0.25) is 5.36 Å². The molecule has 0 radical (unpaired) electrons. The first-order valence-electron chi connectivity index (χ1n) is 21.2. The molecule has 0 fully saturated rings. The standard InChI is InChI=1S/C54H69N2S2/c1-51(2,3)40-28-39(29-41(32-40)52(4,5)6)50-35(20-22-37-30-48(53(7,8)9)57-46-33-42(55(13)14)24-26-44(37)46)18-17-19-36(50)21-23-38-31-49(54(10,11)12)58-47-34-43(56(15)16)25-27-45(38)47/h20-34H,17-19H2,1-16H3/q+1. The summed E-state index contributed by atoms with van der Waals surface area (Å²) in [6.45, 7) is 28.1. The smallest absolute Gasteiger partial charge is 0.200 e. The van der Waals surface area contributed by atoms with Crippen molar-refractivity contribution in [1.29, 1.82) is 0 Å². The van der Waals surface area contributed by atoms with Crippen LogP contribution in [0.25, 0.3) is 27.7 Å². The molecule has 0 unspecified atom stereocenters. The van der Waals surface area contributed by atoms with E-state index >= 15 is 0 Å². The van der Waals surface area contributed by atoms with Crippen LogP contribution < -0.4 is 14.8 Å². The molecule has 2 heterocycles. The molecule has 2 aliphatic heterocycles. The summed E-state index contributed by atoms with van der Waals surface area (Å²) in [4.78, 5) is 7.68. The lowest BCUT2D eigenvalue weighted by Gasteiger charge is -2.29. The van der Waals surface area contributed by atoms with Gasteiger partial charge in [0, 0.05) is 46.6 Å². The lowest BCUT2D eigenvalue weighted by atomic mass is 9.76. The van der Waals surface area contributed by atoms with Crippen LogP contribution in [0.15, 0.2) is 106 Å². The molecule has 0 N–H and O–H groups in total. The number of hydrogen-bond donors (Lipinski definition) is 0. The highest BCUT2D eigenvalue weighted by atomic mass is 32.2. The van der Waals surface area contributed by atoms with Gasteiger partial charge in [0.25, 0.3) is 0 Å². The summed E-state index contributed by atoms with van der Waals surface area (Å²) in [6, 6.07) is 23.8. The molecule has 306 valence electrons. The Bertz CT molecular complexity index is 2370. The van der Waals surface area contributed by atoms with E-state index in [2.05, 4.69) is 212 Å². The van der Waals surface area contributed by atoms with Gasteiger partial charge in [0.15, 0.2) is 0 Å². The van der Waals surface area contributed by atoms with Gasteiger partial charge >= 0.3 is 0 Å². The van der Waals surface area contributed by atoms with Crippen molar-refractivity contribution in [1.82, 2.24) is 4.58 Å². The van der Waals surface area contributed by atoms with E-state index < -0.39 is 0 Å². The van der Waals surface area contributed by atoms with Crippen LogP contribution in [0.1, 0.15) is 135 Å². The Morgan fingerprint density at radius 1 is 0.655 bits per heavy atom. The van der Waals surface area contributed by atoms with Crippen LogP contribution in [0.4, 0.5) is 5.69 Å². The predicted molar refractivity (Wildman–Crippen MR) is 261 cm³/mol. The van der Waals surface area contributed by atoms with Crippen LogP contribution >= 0.6 is 23.1 Å². The van der Waals surface area contributed by atoms with Gasteiger partial charge in [-0.25, -0.2) is 4.58 Å². The number of thioether (sulfide) groups is 1. The minimum absolute atomic E-state index is 0.0228. The van der Waals surface area contributed by atoms with E-state index in [4.69, 9.17) is 0 Å². The quantitative estimate of drug-likeness (QED) is 0.185. The second-order valence-corrected chi connectivity index (χ2v) is 23.2. The molecule has 2 aromatic carbocycles. The first-order valence-corrected chi connectivity index (χ1v) is 22.8. The van der Waals surface area contributed by atoms with Crippen molar-refractivity contribution in [2.45, 2.75) is 123 Å². The van der Waals surface area contributed by atoms with Crippen LogP contribution in [0.3, 0.4) is 0 Å². The van der Waals surface area contributed by atoms with E-state index in [0.717, 1.165) is 19.3 Å². The maximum atomic E-state index is 2.50. The van der Waals surface area contributed by atoms with Crippen molar-refractivity contribution in [3.05, 3.63) is 139 Å². The lowest BCUT2D eigenvalue weighted by molar-refractivity contribution is 0.533. The molecule has 0 aromatic heterocycles. The molecular formula is C54H69N2S2+. The van der Waals surface area contributed by atoms with Gasteiger partial charge in [-0.3, -0.25) is 0 Å². The molecule has 0 bridgehead atoms. The van der Waals surface area contributed by atoms with Crippen molar-refractivity contribution in [2.75, 3.05) is 33.1 Å². The zero-order valence-corrected chi connectivity index (χ0v) is 40.1. The van der Waals surface area contributed by atoms with E-state index in [1.165, 1.54) is 86.3 Å². The van der Waals surface area contributed by atoms with Crippen LogP contribution in [0.2, 0.25) is 0 Å². The van der Waals surface area contributed by atoms with Gasteiger partial charge in [-0.15, -0.1) is 11.3 Å². The van der Waals surface area contributed by atoms with Gasteiger partial charge < -0.3 is 4.90 Å². The summed E-state index contributed by atoms with van der Waals surface area (Å²) in [5, 5.41) is 1.24. The van der Waals surface area contributed by atoms with E-state index in [-0.39, 0.29) is 21.7 Å². The van der Waals surface area contributed by atoms with Gasteiger partial charge in [-0.05, 0) is 132 Å². The fraction of sp³-hybridized carbons (Fsp3) is 0.426. The summed E-state index contributed by atoms with van der Waals surface area (Å²) in [7, 11) is 8.52. The summed E-state index contributed by atoms with van der Waals surface area (Å²) in [5.41, 5.74) is 15.0. The van der Waals surface area contributed by atoms with Crippen molar-refractivity contribution in [3.8, 4) is 10.4 Å². The molecule has 0 saturated heterocycles. The van der Waals surface area contributed by atoms with E-state index in [9.17, 15) is 0 Å². The Hall–Kier alpha value is -3.86. The first kappa shape index (κ1) is 43.7. The predicted octanol–water partition coefficient (Wildman–Crippen LogP) is 14.5. The Morgan fingerprint density at radius 2 is 1.31 bits per heavy atom. The molecule has 0 amide bonds. The van der Waals surface area contributed by atoms with Crippen molar-refractivity contribution in [3.63, 3.8) is 0 Å². The van der Waals surface area contributed by atoms with Crippen LogP contribution in [0, 0.1) is 5.41 Å². The molecule has 2 nitrogen and oxygen atoms in total. The number of allylic oxidation sites excluding steroid dienone is 9. The third-order valence-electron chi connectivity index (χ3n) is 11.5. The first-order chi connectivity index (χ1) is 26.9. The zero-order chi connectivity index (χ0) is 42.5. The molecule has 58 heavy (non-hydrogen) atoms. The topological polar surface area (TPSA) is 6.25 Å². The molecule has 0 spiro atoms. The maximum absolute atomic E-state index is 2.50. The fourth-order valence-corrected chi connectivity index (χ4v) is 10.0. The number of benzene rings is 3. The molecule has 2 aromatic rings. The largest absolute Gasteiger partial charge is 0.378 e. The minimum Gasteiger partial charge on any atom is -0.378 e. The van der Waals surface area contributed by atoms with Crippen LogP contribution in [-0.2, 0) is 16.2 Å². The van der Waals surface area contributed by atoms with E-state index in [1.54, 1.807) is 0 Å². The SMILES string of the molecule is CN(C)c1ccc2c(c1)SC(C(C)(C)C)=C/C2=C\C=C1/CCCC(/C=C/c2cc(C(C)(C)C)sc3cc(=[N+](C)C)ccc2-3)=C1c1cc(C(C)(C)C)cc(C(C)(C)C)c1. The fourth-order valence-electron chi connectivity index (χ4n) is 7.62. The molecule has 0 atom stereocenters. The molecule has 6 rings (SSSR count). The second kappa shape index (κ2) is 16.3. The van der Waals surface area contributed by atoms with Crippen molar-refractivity contribution < 1.29 is 0 Å². The summed E-state index contributed by atoms with van der Waals surface area (Å²) in [5.74, 6) is 0. The number of rotatable bonds is 5. The maximum Gasteiger partial charge on any atom is 0.200 e. The number of nitrogens with zero attached hydrogens (tertiary/aromatic N) is 2.